The van der Waals surface area contributed by atoms with Gasteiger partial charge in [0, 0.05) is 29.6 Å². The highest BCUT2D eigenvalue weighted by Crippen LogP contribution is 2.30. The molecule has 0 aliphatic carbocycles. The van der Waals surface area contributed by atoms with Crippen molar-refractivity contribution in [2.75, 3.05) is 0 Å². The fourth-order valence-corrected chi connectivity index (χ4v) is 3.14. The molecule has 1 amide bonds. The number of ketones is 1. The fourth-order valence-electron chi connectivity index (χ4n) is 2.91. The van der Waals surface area contributed by atoms with Gasteiger partial charge < -0.3 is 11.1 Å². The molecule has 2 aromatic carbocycles. The number of carbonyl (C=O) groups is 2. The van der Waals surface area contributed by atoms with Crippen LogP contribution in [-0.4, -0.2) is 17.7 Å². The molecule has 0 saturated carbocycles. The van der Waals surface area contributed by atoms with E-state index in [1.165, 1.54) is 6.07 Å². The minimum Gasteiger partial charge on any atom is -0.370 e. The number of nitrogens with one attached hydrogen (secondary N) is 1. The van der Waals surface area contributed by atoms with Gasteiger partial charge in [0.1, 0.15) is 5.82 Å². The lowest BCUT2D eigenvalue weighted by Gasteiger charge is -2.23. The number of benzene rings is 2. The molecule has 0 spiro atoms. The summed E-state index contributed by atoms with van der Waals surface area (Å²) in [5.41, 5.74) is 5.78. The summed E-state index contributed by atoms with van der Waals surface area (Å²) < 4.78 is 15.2. The van der Waals surface area contributed by atoms with Crippen molar-refractivity contribution < 1.29 is 14.0 Å². The molecule has 3 N–H and O–H groups in total. The molecule has 2 aromatic rings. The van der Waals surface area contributed by atoms with Gasteiger partial charge in [-0.1, -0.05) is 54.9 Å². The van der Waals surface area contributed by atoms with Crippen LogP contribution in [0.3, 0.4) is 0 Å². The number of primary amides is 1. The van der Waals surface area contributed by atoms with Crippen molar-refractivity contribution in [1.82, 2.24) is 5.32 Å². The van der Waals surface area contributed by atoms with Crippen molar-refractivity contribution in [2.24, 2.45) is 5.73 Å². The maximum atomic E-state index is 15.2. The van der Waals surface area contributed by atoms with Crippen LogP contribution in [0.25, 0.3) is 0 Å². The van der Waals surface area contributed by atoms with E-state index in [1.54, 1.807) is 43.3 Å². The zero-order chi connectivity index (χ0) is 19.3. The van der Waals surface area contributed by atoms with Gasteiger partial charge in [-0.3, -0.25) is 9.59 Å². The molecule has 146 valence electrons. The van der Waals surface area contributed by atoms with E-state index in [4.69, 9.17) is 17.3 Å². The van der Waals surface area contributed by atoms with Crippen LogP contribution in [0, 0.1) is 5.82 Å². The molecule has 0 radical (unpaired) electrons. The first kappa shape index (κ1) is 23.1. The molecule has 27 heavy (non-hydrogen) atoms. The third kappa shape index (κ3) is 5.76. The third-order valence-electron chi connectivity index (χ3n) is 4.16. The Balaban J connectivity index is 0.00000364. The van der Waals surface area contributed by atoms with Gasteiger partial charge in [-0.05, 0) is 19.4 Å². The number of amides is 1. The molecule has 0 fully saturated rings. The van der Waals surface area contributed by atoms with Crippen molar-refractivity contribution in [1.29, 1.82) is 0 Å². The quantitative estimate of drug-likeness (QED) is 0.629. The largest absolute Gasteiger partial charge is 0.370 e. The second-order valence-corrected chi connectivity index (χ2v) is 6.63. The Hall–Kier alpha value is -1.95. The van der Waals surface area contributed by atoms with Crippen LogP contribution in [0.1, 0.15) is 54.2 Å². The van der Waals surface area contributed by atoms with Crippen LogP contribution in [0.15, 0.2) is 42.5 Å². The van der Waals surface area contributed by atoms with Gasteiger partial charge in [-0.25, -0.2) is 4.39 Å². The summed E-state index contributed by atoms with van der Waals surface area (Å²) in [6, 6.07) is 10.9. The molecule has 0 saturated heterocycles. The second kappa shape index (κ2) is 10.4. The van der Waals surface area contributed by atoms with E-state index in [1.807, 2.05) is 6.92 Å². The zero-order valence-electron chi connectivity index (χ0n) is 15.2. The van der Waals surface area contributed by atoms with Gasteiger partial charge in [0.15, 0.2) is 5.78 Å². The first-order valence-corrected chi connectivity index (χ1v) is 8.84. The Morgan fingerprint density at radius 3 is 2.37 bits per heavy atom. The molecular weight excluding hydrogens is 390 g/mol. The highest BCUT2D eigenvalue weighted by atomic mass is 35.5. The maximum absolute atomic E-state index is 15.2. The van der Waals surface area contributed by atoms with E-state index in [2.05, 4.69) is 5.32 Å². The highest BCUT2D eigenvalue weighted by Gasteiger charge is 2.24. The third-order valence-corrected chi connectivity index (χ3v) is 4.48. The molecular formula is C20H23Cl2FN2O2. The molecule has 0 heterocycles. The highest BCUT2D eigenvalue weighted by molar-refractivity contribution is 6.35. The molecule has 2 atom stereocenters. The van der Waals surface area contributed by atoms with Crippen molar-refractivity contribution in [3.05, 3.63) is 70.0 Å². The van der Waals surface area contributed by atoms with E-state index in [0.717, 1.165) is 0 Å². The number of halogens is 3. The molecule has 0 bridgehead atoms. The molecule has 2 rings (SSSR count). The molecule has 0 aromatic heterocycles. The Morgan fingerprint density at radius 2 is 1.81 bits per heavy atom. The Kier molecular flexibility index (Phi) is 8.89. The predicted molar refractivity (Wildman–Crippen MR) is 108 cm³/mol. The summed E-state index contributed by atoms with van der Waals surface area (Å²) in [6.07, 6.45) is 0.710. The summed E-state index contributed by atoms with van der Waals surface area (Å²) in [4.78, 5) is 23.8. The summed E-state index contributed by atoms with van der Waals surface area (Å²) in [6.45, 7) is 3.69. The summed E-state index contributed by atoms with van der Waals surface area (Å²) >= 11 is 6.13. The van der Waals surface area contributed by atoms with Crippen molar-refractivity contribution in [3.63, 3.8) is 0 Å². The topological polar surface area (TPSA) is 72.2 Å². The van der Waals surface area contributed by atoms with E-state index in [0.29, 0.717) is 17.5 Å². The van der Waals surface area contributed by atoms with Crippen LogP contribution < -0.4 is 11.1 Å². The standard InChI is InChI=1S/C20H22ClFN2O2.ClH/c1-3-16(24-12(2)11-17(23)25)14-9-10-15(21)18(19(14)22)20(26)13-7-5-4-6-8-13;/h4-10,12,16,24H,3,11H2,1-2H3,(H2,23,25);1H/t12-,16-;/m1./s1. The summed E-state index contributed by atoms with van der Waals surface area (Å²) in [5.74, 6) is -1.54. The van der Waals surface area contributed by atoms with E-state index in [-0.39, 0.29) is 41.5 Å². The molecule has 7 heteroatoms. The van der Waals surface area contributed by atoms with Crippen molar-refractivity contribution in [3.8, 4) is 0 Å². The van der Waals surface area contributed by atoms with Gasteiger partial charge in [0.2, 0.25) is 5.91 Å². The van der Waals surface area contributed by atoms with E-state index < -0.39 is 17.5 Å². The van der Waals surface area contributed by atoms with E-state index in [9.17, 15) is 9.59 Å². The minimum absolute atomic E-state index is 0. The Labute approximate surface area is 169 Å². The van der Waals surface area contributed by atoms with Crippen LogP contribution in [0.5, 0.6) is 0 Å². The summed E-state index contributed by atoms with van der Waals surface area (Å²) in [5, 5.41) is 3.25. The molecule has 0 unspecified atom stereocenters. The lowest BCUT2D eigenvalue weighted by molar-refractivity contribution is -0.118. The summed E-state index contributed by atoms with van der Waals surface area (Å²) in [7, 11) is 0. The Bertz CT molecular complexity index is 800. The van der Waals surface area contributed by atoms with Gasteiger partial charge in [-0.15, -0.1) is 12.4 Å². The van der Waals surface area contributed by atoms with Crippen LogP contribution in [-0.2, 0) is 4.79 Å². The smallest absolute Gasteiger partial charge is 0.218 e. The van der Waals surface area contributed by atoms with Gasteiger partial charge in [-0.2, -0.15) is 0 Å². The average Bonchev–Trinajstić information content (AvgIpc) is 2.60. The lowest BCUT2D eigenvalue weighted by Crippen LogP contribution is -2.34. The van der Waals surface area contributed by atoms with Crippen LogP contribution >= 0.6 is 24.0 Å². The number of hydrogen-bond acceptors (Lipinski definition) is 3. The molecule has 0 aliphatic rings. The Morgan fingerprint density at radius 1 is 1.19 bits per heavy atom. The van der Waals surface area contributed by atoms with E-state index >= 15 is 4.39 Å². The predicted octanol–water partition coefficient (Wildman–Crippen LogP) is 4.44. The normalized spacial score (nSPS) is 12.7. The monoisotopic (exact) mass is 412 g/mol. The van der Waals surface area contributed by atoms with Crippen molar-refractivity contribution in [2.45, 2.75) is 38.8 Å². The first-order chi connectivity index (χ1) is 12.3. The molecule has 4 nitrogen and oxygen atoms in total. The number of rotatable bonds is 8. The average molecular weight is 413 g/mol. The lowest BCUT2D eigenvalue weighted by atomic mass is 9.95. The zero-order valence-corrected chi connectivity index (χ0v) is 16.7. The number of hydrogen-bond donors (Lipinski definition) is 2. The first-order valence-electron chi connectivity index (χ1n) is 8.47. The van der Waals surface area contributed by atoms with Crippen LogP contribution in [0.2, 0.25) is 5.02 Å². The SMILES string of the molecule is CC[C@@H](N[C@H](C)CC(N)=O)c1ccc(Cl)c(C(=O)c2ccccc2)c1F.Cl. The fraction of sp³-hybridized carbons (Fsp3) is 0.300. The van der Waals surface area contributed by atoms with Gasteiger partial charge in [0.05, 0.1) is 10.6 Å². The molecule has 0 aliphatic heterocycles. The second-order valence-electron chi connectivity index (χ2n) is 6.22. The van der Waals surface area contributed by atoms with Crippen molar-refractivity contribution >= 4 is 35.7 Å². The van der Waals surface area contributed by atoms with Gasteiger partial charge in [0.25, 0.3) is 0 Å². The minimum atomic E-state index is -0.642. The van der Waals surface area contributed by atoms with Gasteiger partial charge >= 0.3 is 0 Å². The number of carbonyl (C=O) groups excluding carboxylic acids is 2. The number of nitrogens with two attached hydrogens (primary N) is 1. The van der Waals surface area contributed by atoms with Crippen LogP contribution in [0.4, 0.5) is 4.39 Å². The maximum Gasteiger partial charge on any atom is 0.218 e.